The SMILES string of the molecule is CCCCCOc1ccc(C)cc1NS(C)(=O)=O. The third-order valence-corrected chi connectivity index (χ3v) is 3.03. The van der Waals surface area contributed by atoms with E-state index in [9.17, 15) is 8.42 Å². The highest BCUT2D eigenvalue weighted by atomic mass is 32.2. The molecule has 0 aromatic heterocycles. The zero-order valence-corrected chi connectivity index (χ0v) is 12.0. The predicted molar refractivity (Wildman–Crippen MR) is 74.7 cm³/mol. The average molecular weight is 271 g/mol. The van der Waals surface area contributed by atoms with E-state index in [2.05, 4.69) is 11.6 Å². The number of sulfonamides is 1. The molecule has 0 atom stereocenters. The molecule has 0 heterocycles. The standard InChI is InChI=1S/C13H21NO3S/c1-4-5-6-9-17-13-8-7-11(2)10-12(13)14-18(3,15)16/h7-8,10,14H,4-6,9H2,1-3H3. The number of unbranched alkanes of at least 4 members (excludes halogenated alkanes) is 2. The van der Waals surface area contributed by atoms with Gasteiger partial charge < -0.3 is 4.74 Å². The molecular weight excluding hydrogens is 250 g/mol. The van der Waals surface area contributed by atoms with Gasteiger partial charge in [-0.1, -0.05) is 25.8 Å². The molecule has 0 bridgehead atoms. The maximum absolute atomic E-state index is 11.3. The number of anilines is 1. The first kappa shape index (κ1) is 14.8. The second kappa shape index (κ2) is 6.64. The highest BCUT2D eigenvalue weighted by Crippen LogP contribution is 2.26. The minimum Gasteiger partial charge on any atom is -0.491 e. The summed E-state index contributed by atoms with van der Waals surface area (Å²) in [4.78, 5) is 0. The van der Waals surface area contributed by atoms with E-state index >= 15 is 0 Å². The summed E-state index contributed by atoms with van der Waals surface area (Å²) in [5.74, 6) is 0.585. The van der Waals surface area contributed by atoms with E-state index < -0.39 is 10.0 Å². The van der Waals surface area contributed by atoms with Crippen LogP contribution in [0.3, 0.4) is 0 Å². The Morgan fingerprint density at radius 1 is 1.28 bits per heavy atom. The molecule has 0 radical (unpaired) electrons. The van der Waals surface area contributed by atoms with Crippen molar-refractivity contribution >= 4 is 15.7 Å². The van der Waals surface area contributed by atoms with E-state index in [1.165, 1.54) is 0 Å². The van der Waals surface area contributed by atoms with Gasteiger partial charge in [0, 0.05) is 0 Å². The monoisotopic (exact) mass is 271 g/mol. The Bertz CT molecular complexity index is 483. The van der Waals surface area contributed by atoms with Crippen LogP contribution >= 0.6 is 0 Å². The van der Waals surface area contributed by atoms with Gasteiger partial charge in [-0.3, -0.25) is 4.72 Å². The first-order valence-corrected chi connectivity index (χ1v) is 8.03. The average Bonchev–Trinajstić information content (AvgIpc) is 2.24. The van der Waals surface area contributed by atoms with Gasteiger partial charge in [0.05, 0.1) is 18.6 Å². The molecule has 0 amide bonds. The van der Waals surface area contributed by atoms with E-state index in [0.717, 1.165) is 31.1 Å². The van der Waals surface area contributed by atoms with Gasteiger partial charge in [0.1, 0.15) is 5.75 Å². The number of benzene rings is 1. The largest absolute Gasteiger partial charge is 0.491 e. The minimum atomic E-state index is -3.28. The van der Waals surface area contributed by atoms with E-state index in [1.54, 1.807) is 12.1 Å². The van der Waals surface area contributed by atoms with Crippen LogP contribution in [0.2, 0.25) is 0 Å². The Labute approximate surface area is 109 Å². The van der Waals surface area contributed by atoms with Crippen LogP contribution < -0.4 is 9.46 Å². The molecule has 0 saturated heterocycles. The Kier molecular flexibility index (Phi) is 5.47. The number of ether oxygens (including phenoxy) is 1. The molecule has 1 aromatic carbocycles. The molecule has 0 fully saturated rings. The molecule has 1 aromatic rings. The van der Waals surface area contributed by atoms with Crippen molar-refractivity contribution in [1.82, 2.24) is 0 Å². The van der Waals surface area contributed by atoms with Gasteiger partial charge in [-0.25, -0.2) is 8.42 Å². The third-order valence-electron chi connectivity index (χ3n) is 2.44. The lowest BCUT2D eigenvalue weighted by Crippen LogP contribution is -2.11. The summed E-state index contributed by atoms with van der Waals surface area (Å²) in [6.45, 7) is 4.65. The second-order valence-corrected chi connectivity index (χ2v) is 6.18. The zero-order chi connectivity index (χ0) is 13.6. The lowest BCUT2D eigenvalue weighted by atomic mass is 10.2. The van der Waals surface area contributed by atoms with E-state index in [-0.39, 0.29) is 0 Å². The normalized spacial score (nSPS) is 11.3. The maximum atomic E-state index is 11.3. The molecule has 0 unspecified atom stereocenters. The Morgan fingerprint density at radius 3 is 2.61 bits per heavy atom. The van der Waals surface area contributed by atoms with Crippen LogP contribution in [0.25, 0.3) is 0 Å². The van der Waals surface area contributed by atoms with Gasteiger partial charge in [0.15, 0.2) is 0 Å². The van der Waals surface area contributed by atoms with Gasteiger partial charge in [-0.2, -0.15) is 0 Å². The molecule has 5 heteroatoms. The van der Waals surface area contributed by atoms with Gasteiger partial charge in [-0.05, 0) is 31.0 Å². The first-order chi connectivity index (χ1) is 8.42. The van der Waals surface area contributed by atoms with Crippen LogP contribution in [0.1, 0.15) is 31.7 Å². The van der Waals surface area contributed by atoms with Crippen molar-refractivity contribution in [3.8, 4) is 5.75 Å². The highest BCUT2D eigenvalue weighted by Gasteiger charge is 2.08. The lowest BCUT2D eigenvalue weighted by molar-refractivity contribution is 0.308. The summed E-state index contributed by atoms with van der Waals surface area (Å²) in [5, 5.41) is 0. The molecule has 4 nitrogen and oxygen atoms in total. The lowest BCUT2D eigenvalue weighted by Gasteiger charge is -2.13. The molecule has 1 N–H and O–H groups in total. The van der Waals surface area contributed by atoms with Crippen molar-refractivity contribution in [2.75, 3.05) is 17.6 Å². The van der Waals surface area contributed by atoms with Crippen LogP contribution in [0, 0.1) is 6.92 Å². The number of nitrogens with one attached hydrogen (secondary N) is 1. The minimum absolute atomic E-state index is 0.508. The van der Waals surface area contributed by atoms with Crippen molar-refractivity contribution < 1.29 is 13.2 Å². The van der Waals surface area contributed by atoms with Crippen molar-refractivity contribution in [1.29, 1.82) is 0 Å². The summed E-state index contributed by atoms with van der Waals surface area (Å²) < 4.78 is 30.6. The maximum Gasteiger partial charge on any atom is 0.229 e. The quantitative estimate of drug-likeness (QED) is 0.776. The van der Waals surface area contributed by atoms with E-state index in [1.807, 2.05) is 13.0 Å². The number of aryl methyl sites for hydroxylation is 1. The fourth-order valence-corrected chi connectivity index (χ4v) is 2.14. The molecule has 0 aliphatic carbocycles. The van der Waals surface area contributed by atoms with Crippen LogP contribution in [0.5, 0.6) is 5.75 Å². The highest BCUT2D eigenvalue weighted by molar-refractivity contribution is 7.92. The summed E-state index contributed by atoms with van der Waals surface area (Å²) >= 11 is 0. The topological polar surface area (TPSA) is 55.4 Å². The molecule has 18 heavy (non-hydrogen) atoms. The predicted octanol–water partition coefficient (Wildman–Crippen LogP) is 2.94. The van der Waals surface area contributed by atoms with E-state index in [4.69, 9.17) is 4.74 Å². The van der Waals surface area contributed by atoms with Crippen molar-refractivity contribution in [3.63, 3.8) is 0 Å². The van der Waals surface area contributed by atoms with Crippen LogP contribution in [-0.2, 0) is 10.0 Å². The molecular formula is C13H21NO3S. The van der Waals surface area contributed by atoms with Crippen molar-refractivity contribution in [2.45, 2.75) is 33.1 Å². The number of hydrogen-bond donors (Lipinski definition) is 1. The van der Waals surface area contributed by atoms with Crippen LogP contribution in [0.15, 0.2) is 18.2 Å². The summed E-state index contributed by atoms with van der Waals surface area (Å²) in [6, 6.07) is 5.48. The van der Waals surface area contributed by atoms with Gasteiger partial charge >= 0.3 is 0 Å². The number of rotatable bonds is 7. The first-order valence-electron chi connectivity index (χ1n) is 6.13. The molecule has 102 valence electrons. The molecule has 0 saturated carbocycles. The van der Waals surface area contributed by atoms with Crippen LogP contribution in [0.4, 0.5) is 5.69 Å². The Morgan fingerprint density at radius 2 is 2.00 bits per heavy atom. The fraction of sp³-hybridized carbons (Fsp3) is 0.538. The van der Waals surface area contributed by atoms with Crippen LogP contribution in [-0.4, -0.2) is 21.3 Å². The summed E-state index contributed by atoms with van der Waals surface area (Å²) in [6.07, 6.45) is 4.35. The molecule has 0 aliphatic rings. The third kappa shape index (κ3) is 5.40. The molecule has 1 rings (SSSR count). The fourth-order valence-electron chi connectivity index (χ4n) is 1.58. The molecule has 0 spiro atoms. The van der Waals surface area contributed by atoms with Crippen molar-refractivity contribution in [3.05, 3.63) is 23.8 Å². The van der Waals surface area contributed by atoms with E-state index in [0.29, 0.717) is 18.0 Å². The Balaban J connectivity index is 2.76. The molecule has 0 aliphatic heterocycles. The van der Waals surface area contributed by atoms with Gasteiger partial charge in [0.2, 0.25) is 10.0 Å². The number of hydrogen-bond acceptors (Lipinski definition) is 3. The van der Waals surface area contributed by atoms with Gasteiger partial charge in [0.25, 0.3) is 0 Å². The summed E-state index contributed by atoms with van der Waals surface area (Å²) in [7, 11) is -3.28. The van der Waals surface area contributed by atoms with Crippen molar-refractivity contribution in [2.24, 2.45) is 0 Å². The summed E-state index contributed by atoms with van der Waals surface area (Å²) in [5.41, 5.74) is 1.50. The van der Waals surface area contributed by atoms with Gasteiger partial charge in [-0.15, -0.1) is 0 Å². The zero-order valence-electron chi connectivity index (χ0n) is 11.2. The Hall–Kier alpha value is -1.23. The smallest absolute Gasteiger partial charge is 0.229 e. The second-order valence-electron chi connectivity index (χ2n) is 4.43.